The van der Waals surface area contributed by atoms with Gasteiger partial charge in [-0.3, -0.25) is 4.79 Å². The highest BCUT2D eigenvalue weighted by Gasteiger charge is 2.15. The van der Waals surface area contributed by atoms with Crippen molar-refractivity contribution in [3.63, 3.8) is 0 Å². The fraction of sp³-hybridized carbons (Fsp3) is 0.600. The predicted octanol–water partition coefficient (Wildman–Crippen LogP) is 3.02. The van der Waals surface area contributed by atoms with Crippen LogP contribution in [0.2, 0.25) is 0 Å². The van der Waals surface area contributed by atoms with Crippen molar-refractivity contribution < 1.29 is 9.59 Å². The first kappa shape index (κ1) is 16.6. The Morgan fingerprint density at radius 3 is 2.50 bits per heavy atom. The van der Waals surface area contributed by atoms with E-state index >= 15 is 0 Å². The molecular formula is C15H25NO2. The first-order valence-electron chi connectivity index (χ1n) is 6.64. The van der Waals surface area contributed by atoms with Crippen LogP contribution in [0.3, 0.4) is 0 Å². The van der Waals surface area contributed by atoms with Crippen LogP contribution >= 0.6 is 0 Å². The summed E-state index contributed by atoms with van der Waals surface area (Å²) in [6.45, 7) is 9.38. The van der Waals surface area contributed by atoms with E-state index in [1.54, 1.807) is 6.08 Å². The maximum Gasteiger partial charge on any atom is 0.220 e. The van der Waals surface area contributed by atoms with Crippen LogP contribution in [0.25, 0.3) is 0 Å². The second-order valence-electron chi connectivity index (χ2n) is 4.56. The van der Waals surface area contributed by atoms with E-state index < -0.39 is 6.04 Å². The number of hydrogen-bond acceptors (Lipinski definition) is 2. The van der Waals surface area contributed by atoms with Gasteiger partial charge in [0.15, 0.2) is 0 Å². The first-order chi connectivity index (χ1) is 8.67. The van der Waals surface area contributed by atoms with E-state index in [0.717, 1.165) is 32.0 Å². The fourth-order valence-corrected chi connectivity index (χ4v) is 1.97. The number of hydrogen-bond donors (Lipinski definition) is 1. The van der Waals surface area contributed by atoms with Gasteiger partial charge in [-0.2, -0.15) is 0 Å². The second kappa shape index (κ2) is 10.8. The van der Waals surface area contributed by atoms with Crippen molar-refractivity contribution in [2.45, 2.75) is 51.5 Å². The van der Waals surface area contributed by atoms with Gasteiger partial charge in [-0.15, -0.1) is 13.2 Å². The summed E-state index contributed by atoms with van der Waals surface area (Å²) in [5, 5.41) is 2.73. The summed E-state index contributed by atoms with van der Waals surface area (Å²) in [7, 11) is 0. The molecule has 0 radical (unpaired) electrons. The van der Waals surface area contributed by atoms with Crippen LogP contribution in [0.1, 0.15) is 45.4 Å². The van der Waals surface area contributed by atoms with Gasteiger partial charge in [-0.25, -0.2) is 0 Å². The SMILES string of the molecule is C=CCCC(CCC)CC(=O)NC(C=O)CC=C. The van der Waals surface area contributed by atoms with E-state index in [4.69, 9.17) is 0 Å². The number of carbonyl (C=O) groups is 2. The molecule has 0 bridgehead atoms. The van der Waals surface area contributed by atoms with Crippen LogP contribution in [-0.2, 0) is 9.59 Å². The minimum absolute atomic E-state index is 0.0449. The minimum atomic E-state index is -0.434. The number of aldehydes is 1. The van der Waals surface area contributed by atoms with E-state index in [1.807, 2.05) is 6.08 Å². The summed E-state index contributed by atoms with van der Waals surface area (Å²) in [6.07, 6.45) is 9.28. The van der Waals surface area contributed by atoms with Gasteiger partial charge in [0.25, 0.3) is 0 Å². The molecule has 0 aliphatic carbocycles. The Kier molecular flexibility index (Phi) is 9.93. The standard InChI is InChI=1S/C15H25NO2/c1-4-7-10-13(8-5-2)11-15(18)16-14(12-17)9-6-3/h4,6,12-14H,1,3,5,7-11H2,2H3,(H,16,18). The van der Waals surface area contributed by atoms with Crippen molar-refractivity contribution in [1.82, 2.24) is 5.32 Å². The number of amides is 1. The van der Waals surface area contributed by atoms with Crippen molar-refractivity contribution in [2.75, 3.05) is 0 Å². The highest BCUT2D eigenvalue weighted by Crippen LogP contribution is 2.17. The molecule has 0 rings (SSSR count). The lowest BCUT2D eigenvalue weighted by Crippen LogP contribution is -2.36. The van der Waals surface area contributed by atoms with E-state index in [2.05, 4.69) is 25.4 Å². The van der Waals surface area contributed by atoms with E-state index in [1.165, 1.54) is 0 Å². The highest BCUT2D eigenvalue weighted by molar-refractivity contribution is 5.79. The predicted molar refractivity (Wildman–Crippen MR) is 75.3 cm³/mol. The highest BCUT2D eigenvalue weighted by atomic mass is 16.2. The first-order valence-corrected chi connectivity index (χ1v) is 6.64. The smallest absolute Gasteiger partial charge is 0.220 e. The third-order valence-corrected chi connectivity index (χ3v) is 2.88. The van der Waals surface area contributed by atoms with Gasteiger partial charge in [-0.05, 0) is 25.2 Å². The summed E-state index contributed by atoms with van der Waals surface area (Å²) in [4.78, 5) is 22.5. The van der Waals surface area contributed by atoms with Gasteiger partial charge in [-0.1, -0.05) is 31.9 Å². The minimum Gasteiger partial charge on any atom is -0.346 e. The van der Waals surface area contributed by atoms with Crippen molar-refractivity contribution in [1.29, 1.82) is 0 Å². The lowest BCUT2D eigenvalue weighted by atomic mass is 9.94. The Hall–Kier alpha value is -1.38. The van der Waals surface area contributed by atoms with Crippen LogP contribution < -0.4 is 5.32 Å². The van der Waals surface area contributed by atoms with Crippen molar-refractivity contribution in [2.24, 2.45) is 5.92 Å². The van der Waals surface area contributed by atoms with Gasteiger partial charge >= 0.3 is 0 Å². The maximum atomic E-state index is 11.8. The summed E-state index contributed by atoms with van der Waals surface area (Å²) in [5.74, 6) is 0.334. The average Bonchev–Trinajstić information content (AvgIpc) is 2.35. The molecule has 0 saturated carbocycles. The number of nitrogens with one attached hydrogen (secondary N) is 1. The molecule has 0 aliphatic heterocycles. The Morgan fingerprint density at radius 1 is 1.28 bits per heavy atom. The Morgan fingerprint density at radius 2 is 2.00 bits per heavy atom. The molecule has 0 aliphatic rings. The third kappa shape index (κ3) is 7.82. The molecular weight excluding hydrogens is 226 g/mol. The molecule has 1 amide bonds. The summed E-state index contributed by atoms with van der Waals surface area (Å²) < 4.78 is 0. The Labute approximate surface area is 110 Å². The number of allylic oxidation sites excluding steroid dienone is 1. The third-order valence-electron chi connectivity index (χ3n) is 2.88. The summed E-state index contributed by atoms with van der Waals surface area (Å²) in [5.41, 5.74) is 0. The molecule has 0 aromatic carbocycles. The van der Waals surface area contributed by atoms with E-state index in [9.17, 15) is 9.59 Å². The van der Waals surface area contributed by atoms with E-state index in [0.29, 0.717) is 18.8 Å². The van der Waals surface area contributed by atoms with Crippen molar-refractivity contribution in [3.8, 4) is 0 Å². The maximum absolute atomic E-state index is 11.8. The van der Waals surface area contributed by atoms with Crippen LogP contribution in [0.15, 0.2) is 25.3 Å². The second-order valence-corrected chi connectivity index (χ2v) is 4.56. The van der Waals surface area contributed by atoms with E-state index in [-0.39, 0.29) is 5.91 Å². The van der Waals surface area contributed by atoms with Gasteiger partial charge in [0, 0.05) is 6.42 Å². The van der Waals surface area contributed by atoms with Gasteiger partial charge in [0.2, 0.25) is 5.91 Å². The Balaban J connectivity index is 4.17. The molecule has 0 heterocycles. The molecule has 3 heteroatoms. The summed E-state index contributed by atoms with van der Waals surface area (Å²) in [6, 6.07) is -0.434. The largest absolute Gasteiger partial charge is 0.346 e. The number of rotatable bonds is 11. The molecule has 0 aromatic rings. The zero-order valence-corrected chi connectivity index (χ0v) is 11.4. The normalized spacial score (nSPS) is 13.4. The molecule has 18 heavy (non-hydrogen) atoms. The lowest BCUT2D eigenvalue weighted by molar-refractivity contribution is -0.124. The molecule has 0 aromatic heterocycles. The zero-order chi connectivity index (χ0) is 13.8. The topological polar surface area (TPSA) is 46.2 Å². The molecule has 2 unspecified atom stereocenters. The van der Waals surface area contributed by atoms with Crippen LogP contribution in [-0.4, -0.2) is 18.2 Å². The van der Waals surface area contributed by atoms with Crippen LogP contribution in [0.5, 0.6) is 0 Å². The van der Waals surface area contributed by atoms with Crippen LogP contribution in [0, 0.1) is 5.92 Å². The molecule has 0 saturated heterocycles. The molecule has 102 valence electrons. The summed E-state index contributed by atoms with van der Waals surface area (Å²) >= 11 is 0. The molecule has 1 N–H and O–H groups in total. The van der Waals surface area contributed by atoms with Crippen LogP contribution in [0.4, 0.5) is 0 Å². The molecule has 2 atom stereocenters. The quantitative estimate of drug-likeness (QED) is 0.453. The zero-order valence-electron chi connectivity index (χ0n) is 11.4. The molecule has 0 fully saturated rings. The monoisotopic (exact) mass is 251 g/mol. The van der Waals surface area contributed by atoms with Crippen molar-refractivity contribution >= 4 is 12.2 Å². The van der Waals surface area contributed by atoms with Gasteiger partial charge < -0.3 is 10.1 Å². The van der Waals surface area contributed by atoms with Gasteiger partial charge in [0.05, 0.1) is 6.04 Å². The fourth-order valence-electron chi connectivity index (χ4n) is 1.97. The average molecular weight is 251 g/mol. The lowest BCUT2D eigenvalue weighted by Gasteiger charge is -2.16. The van der Waals surface area contributed by atoms with Crippen molar-refractivity contribution in [3.05, 3.63) is 25.3 Å². The molecule has 3 nitrogen and oxygen atoms in total. The Bertz CT molecular complexity index is 274. The number of carbonyl (C=O) groups excluding carboxylic acids is 2. The molecule has 0 spiro atoms. The van der Waals surface area contributed by atoms with Gasteiger partial charge in [0.1, 0.15) is 6.29 Å².